The number of para-hydroxylation sites is 1. The number of hydrogen-bond donors (Lipinski definition) is 1. The maximum atomic E-state index is 9.34. The summed E-state index contributed by atoms with van der Waals surface area (Å²) in [6.45, 7) is 2.01. The van der Waals surface area contributed by atoms with Crippen molar-refractivity contribution in [2.75, 3.05) is 0 Å². The number of rotatable bonds is 2. The first-order valence-corrected chi connectivity index (χ1v) is 6.92. The number of nitriles is 2. The molecule has 2 aromatic carbocycles. The Morgan fingerprint density at radius 3 is 2.32 bits per heavy atom. The smallest absolute Gasteiger partial charge is 0.138 e. The monoisotopic (exact) mass is 283 g/mol. The van der Waals surface area contributed by atoms with Crippen LogP contribution in [-0.4, -0.2) is 4.98 Å². The van der Waals surface area contributed by atoms with E-state index >= 15 is 0 Å². The van der Waals surface area contributed by atoms with Crippen LogP contribution in [0.1, 0.15) is 16.7 Å². The summed E-state index contributed by atoms with van der Waals surface area (Å²) < 4.78 is 0. The molecule has 3 rings (SSSR count). The Hall–Kier alpha value is -3.30. The average Bonchev–Trinajstić information content (AvgIpc) is 2.97. The van der Waals surface area contributed by atoms with Crippen molar-refractivity contribution in [3.05, 3.63) is 77.0 Å². The van der Waals surface area contributed by atoms with Crippen LogP contribution in [0.25, 0.3) is 16.5 Å². The average molecular weight is 283 g/mol. The van der Waals surface area contributed by atoms with Crippen molar-refractivity contribution in [2.24, 2.45) is 0 Å². The summed E-state index contributed by atoms with van der Waals surface area (Å²) in [7, 11) is 0. The fourth-order valence-electron chi connectivity index (χ4n) is 2.57. The molecule has 0 atom stereocenters. The van der Waals surface area contributed by atoms with E-state index in [1.165, 1.54) is 0 Å². The maximum Gasteiger partial charge on any atom is 0.138 e. The molecule has 0 saturated carbocycles. The van der Waals surface area contributed by atoms with Gasteiger partial charge in [-0.15, -0.1) is 0 Å². The van der Waals surface area contributed by atoms with Gasteiger partial charge in [0.25, 0.3) is 0 Å². The number of aryl methyl sites for hydroxylation is 1. The van der Waals surface area contributed by atoms with Gasteiger partial charge >= 0.3 is 0 Å². The molecular weight excluding hydrogens is 270 g/mol. The predicted octanol–water partition coefficient (Wildman–Crippen LogP) is 4.33. The van der Waals surface area contributed by atoms with Gasteiger partial charge in [0.2, 0.25) is 0 Å². The molecule has 22 heavy (non-hydrogen) atoms. The van der Waals surface area contributed by atoms with E-state index in [-0.39, 0.29) is 5.57 Å². The molecule has 0 aliphatic rings. The first-order chi connectivity index (χ1) is 10.7. The largest absolute Gasteiger partial charge is 0.361 e. The fourth-order valence-corrected chi connectivity index (χ4v) is 2.57. The van der Waals surface area contributed by atoms with Crippen LogP contribution < -0.4 is 0 Å². The topological polar surface area (TPSA) is 63.4 Å². The SMILES string of the molecule is Cc1ccc(C(=C(C#N)C#N)c2c[nH]c3ccccc23)cc1. The lowest BCUT2D eigenvalue weighted by atomic mass is 9.93. The van der Waals surface area contributed by atoms with Crippen molar-refractivity contribution < 1.29 is 0 Å². The molecular formula is C19H13N3. The van der Waals surface area contributed by atoms with Gasteiger partial charge in [-0.05, 0) is 18.6 Å². The van der Waals surface area contributed by atoms with Gasteiger partial charge in [0.1, 0.15) is 17.7 Å². The van der Waals surface area contributed by atoms with Gasteiger partial charge in [-0.1, -0.05) is 48.0 Å². The molecule has 0 aliphatic heterocycles. The highest BCUT2D eigenvalue weighted by Crippen LogP contribution is 2.32. The molecule has 0 radical (unpaired) electrons. The van der Waals surface area contributed by atoms with Gasteiger partial charge < -0.3 is 4.98 Å². The minimum atomic E-state index is 0.119. The Kier molecular flexibility index (Phi) is 3.48. The van der Waals surface area contributed by atoms with Crippen LogP contribution in [-0.2, 0) is 0 Å². The molecule has 0 fully saturated rings. The predicted molar refractivity (Wildman–Crippen MR) is 86.7 cm³/mol. The molecule has 3 heteroatoms. The van der Waals surface area contributed by atoms with E-state index in [9.17, 15) is 10.5 Å². The number of fused-ring (bicyclic) bond motifs is 1. The second kappa shape index (κ2) is 5.60. The van der Waals surface area contributed by atoms with Crippen molar-refractivity contribution in [1.29, 1.82) is 10.5 Å². The Labute approximate surface area is 128 Å². The highest BCUT2D eigenvalue weighted by molar-refractivity contribution is 5.99. The summed E-state index contributed by atoms with van der Waals surface area (Å²) in [5.74, 6) is 0. The number of hydrogen-bond acceptors (Lipinski definition) is 2. The van der Waals surface area contributed by atoms with Crippen molar-refractivity contribution in [3.63, 3.8) is 0 Å². The van der Waals surface area contributed by atoms with E-state index in [0.29, 0.717) is 5.57 Å². The number of nitrogens with zero attached hydrogens (tertiary/aromatic N) is 2. The van der Waals surface area contributed by atoms with E-state index in [1.807, 2.05) is 73.8 Å². The Balaban J connectivity index is 2.33. The van der Waals surface area contributed by atoms with Crippen LogP contribution >= 0.6 is 0 Å². The van der Waals surface area contributed by atoms with Crippen LogP contribution in [0.2, 0.25) is 0 Å². The lowest BCUT2D eigenvalue weighted by Crippen LogP contribution is -1.92. The number of H-pyrrole nitrogens is 1. The summed E-state index contributed by atoms with van der Waals surface area (Å²) in [4.78, 5) is 3.20. The molecule has 3 nitrogen and oxygen atoms in total. The molecule has 0 bridgehead atoms. The summed E-state index contributed by atoms with van der Waals surface area (Å²) in [6.07, 6.45) is 1.86. The molecule has 3 aromatic rings. The zero-order valence-corrected chi connectivity index (χ0v) is 12.1. The van der Waals surface area contributed by atoms with Gasteiger partial charge in [0.15, 0.2) is 0 Å². The number of aromatic nitrogens is 1. The fraction of sp³-hybridized carbons (Fsp3) is 0.0526. The van der Waals surface area contributed by atoms with E-state index in [2.05, 4.69) is 4.98 Å². The third-order valence-corrected chi connectivity index (χ3v) is 3.67. The highest BCUT2D eigenvalue weighted by atomic mass is 14.7. The summed E-state index contributed by atoms with van der Waals surface area (Å²) >= 11 is 0. The van der Waals surface area contributed by atoms with Crippen LogP contribution in [0.15, 0.2) is 60.3 Å². The van der Waals surface area contributed by atoms with Crippen LogP contribution in [0.5, 0.6) is 0 Å². The third-order valence-electron chi connectivity index (χ3n) is 3.67. The van der Waals surface area contributed by atoms with Crippen LogP contribution in [0, 0.1) is 29.6 Å². The van der Waals surface area contributed by atoms with E-state index < -0.39 is 0 Å². The third kappa shape index (κ3) is 2.26. The standard InChI is InChI=1S/C19H13N3/c1-13-6-8-14(9-7-13)19(15(10-20)11-21)17-12-22-18-5-3-2-4-16(17)18/h2-9,12,22H,1H3. The maximum absolute atomic E-state index is 9.34. The summed E-state index contributed by atoms with van der Waals surface area (Å²) in [5.41, 5.74) is 4.65. The Morgan fingerprint density at radius 1 is 0.955 bits per heavy atom. The van der Waals surface area contributed by atoms with Crippen molar-refractivity contribution in [3.8, 4) is 12.1 Å². The Morgan fingerprint density at radius 2 is 1.64 bits per heavy atom. The quantitative estimate of drug-likeness (QED) is 0.712. The second-order valence-corrected chi connectivity index (χ2v) is 5.09. The first-order valence-electron chi connectivity index (χ1n) is 6.92. The molecule has 1 heterocycles. The molecule has 0 aliphatic carbocycles. The Bertz CT molecular complexity index is 929. The van der Waals surface area contributed by atoms with E-state index in [0.717, 1.165) is 27.6 Å². The first kappa shape index (κ1) is 13.7. The zero-order valence-electron chi connectivity index (χ0n) is 12.1. The summed E-state index contributed by atoms with van der Waals surface area (Å²) in [5, 5.41) is 19.7. The number of benzene rings is 2. The molecule has 0 amide bonds. The van der Waals surface area contributed by atoms with Crippen molar-refractivity contribution in [1.82, 2.24) is 4.98 Å². The molecule has 1 N–H and O–H groups in total. The van der Waals surface area contributed by atoms with Crippen LogP contribution in [0.3, 0.4) is 0 Å². The van der Waals surface area contributed by atoms with Gasteiger partial charge in [-0.25, -0.2) is 0 Å². The lowest BCUT2D eigenvalue weighted by molar-refractivity contribution is 1.42. The molecule has 0 saturated heterocycles. The minimum absolute atomic E-state index is 0.119. The number of allylic oxidation sites excluding steroid dienone is 1. The second-order valence-electron chi connectivity index (χ2n) is 5.09. The molecule has 0 spiro atoms. The van der Waals surface area contributed by atoms with E-state index in [4.69, 9.17) is 0 Å². The number of aromatic amines is 1. The van der Waals surface area contributed by atoms with Crippen LogP contribution in [0.4, 0.5) is 0 Å². The zero-order chi connectivity index (χ0) is 15.5. The van der Waals surface area contributed by atoms with Gasteiger partial charge in [0, 0.05) is 28.2 Å². The molecule has 1 aromatic heterocycles. The number of nitrogens with one attached hydrogen (secondary N) is 1. The minimum Gasteiger partial charge on any atom is -0.361 e. The van der Waals surface area contributed by atoms with Gasteiger partial charge in [-0.2, -0.15) is 10.5 Å². The van der Waals surface area contributed by atoms with Crippen molar-refractivity contribution in [2.45, 2.75) is 6.92 Å². The van der Waals surface area contributed by atoms with Gasteiger partial charge in [0.05, 0.1) is 0 Å². The summed E-state index contributed by atoms with van der Waals surface area (Å²) in [6, 6.07) is 19.8. The van der Waals surface area contributed by atoms with Gasteiger partial charge in [-0.3, -0.25) is 0 Å². The van der Waals surface area contributed by atoms with Crippen molar-refractivity contribution >= 4 is 16.5 Å². The molecule has 104 valence electrons. The van der Waals surface area contributed by atoms with E-state index in [1.54, 1.807) is 0 Å². The molecule has 0 unspecified atom stereocenters. The lowest BCUT2D eigenvalue weighted by Gasteiger charge is -2.08. The normalized spacial score (nSPS) is 9.95. The highest BCUT2D eigenvalue weighted by Gasteiger charge is 2.15.